The summed E-state index contributed by atoms with van der Waals surface area (Å²) in [7, 11) is 0. The number of hydrogen-bond donors (Lipinski definition) is 0. The number of benzene rings is 1. The van der Waals surface area contributed by atoms with Gasteiger partial charge in [-0.15, -0.1) is 11.3 Å². The predicted molar refractivity (Wildman–Crippen MR) is 104 cm³/mol. The minimum Gasteiger partial charge on any atom is -0.369 e. The molecule has 0 bridgehead atoms. The lowest BCUT2D eigenvalue weighted by molar-refractivity contribution is 0.247. The number of anilines is 1. The first-order valence-electron chi connectivity index (χ1n) is 8.36. The molecule has 4 nitrogen and oxygen atoms in total. The highest BCUT2D eigenvalue weighted by Crippen LogP contribution is 2.24. The van der Waals surface area contributed by atoms with Gasteiger partial charge < -0.3 is 4.90 Å². The van der Waals surface area contributed by atoms with E-state index in [0.717, 1.165) is 49.1 Å². The molecule has 25 heavy (non-hydrogen) atoms. The van der Waals surface area contributed by atoms with Crippen molar-refractivity contribution in [2.75, 3.05) is 31.1 Å². The van der Waals surface area contributed by atoms with Crippen LogP contribution in [0.1, 0.15) is 5.69 Å². The van der Waals surface area contributed by atoms with E-state index in [9.17, 15) is 0 Å². The van der Waals surface area contributed by atoms with Crippen LogP contribution in [-0.4, -0.2) is 41.0 Å². The van der Waals surface area contributed by atoms with E-state index in [1.807, 2.05) is 18.2 Å². The van der Waals surface area contributed by atoms with Crippen LogP contribution < -0.4 is 4.90 Å². The summed E-state index contributed by atoms with van der Waals surface area (Å²) in [6.07, 6.45) is 1.77. The lowest BCUT2D eigenvalue weighted by Gasteiger charge is -2.35. The summed E-state index contributed by atoms with van der Waals surface area (Å²) in [6.45, 7) is 4.95. The van der Waals surface area contributed by atoms with Crippen LogP contribution in [-0.2, 0) is 6.54 Å². The standard InChI is InChI=1S/C19H19ClN4S/c20-18-12-17(6-7-21-18)24-10-8-23(9-11-24)13-16-14-25-19(22-16)15-4-2-1-3-5-15/h1-7,12,14H,8-11,13H2. The topological polar surface area (TPSA) is 32.3 Å². The molecule has 0 spiro atoms. The second-order valence-electron chi connectivity index (χ2n) is 6.11. The molecule has 1 aromatic carbocycles. The SMILES string of the molecule is Clc1cc(N2CCN(Cc3csc(-c4ccccc4)n3)CC2)ccn1. The molecule has 128 valence electrons. The van der Waals surface area contributed by atoms with Gasteiger partial charge in [0.05, 0.1) is 5.69 Å². The van der Waals surface area contributed by atoms with Gasteiger partial charge in [0, 0.05) is 55.6 Å². The second kappa shape index (κ2) is 7.52. The molecular formula is C19H19ClN4S. The fraction of sp³-hybridized carbons (Fsp3) is 0.263. The Morgan fingerprint density at radius 2 is 1.84 bits per heavy atom. The van der Waals surface area contributed by atoms with Crippen LogP contribution in [0.2, 0.25) is 5.15 Å². The van der Waals surface area contributed by atoms with E-state index in [-0.39, 0.29) is 0 Å². The highest BCUT2D eigenvalue weighted by atomic mass is 35.5. The number of rotatable bonds is 4. The molecule has 1 saturated heterocycles. The lowest BCUT2D eigenvalue weighted by Crippen LogP contribution is -2.46. The molecule has 0 radical (unpaired) electrons. The van der Waals surface area contributed by atoms with E-state index < -0.39 is 0 Å². The Bertz CT molecular complexity index is 828. The van der Waals surface area contributed by atoms with Gasteiger partial charge in [0.1, 0.15) is 10.2 Å². The van der Waals surface area contributed by atoms with Crippen LogP contribution in [0.4, 0.5) is 5.69 Å². The third-order valence-electron chi connectivity index (χ3n) is 4.41. The fourth-order valence-corrected chi connectivity index (χ4v) is 4.06. The molecule has 0 unspecified atom stereocenters. The number of nitrogens with zero attached hydrogens (tertiary/aromatic N) is 4. The highest BCUT2D eigenvalue weighted by molar-refractivity contribution is 7.13. The number of thiazole rings is 1. The van der Waals surface area contributed by atoms with Crippen molar-refractivity contribution < 1.29 is 0 Å². The summed E-state index contributed by atoms with van der Waals surface area (Å²) in [6, 6.07) is 14.3. The number of piperazine rings is 1. The molecule has 1 fully saturated rings. The Balaban J connectivity index is 1.35. The van der Waals surface area contributed by atoms with Gasteiger partial charge in [-0.2, -0.15) is 0 Å². The first kappa shape index (κ1) is 16.5. The second-order valence-corrected chi connectivity index (χ2v) is 7.36. The first-order chi connectivity index (χ1) is 12.3. The van der Waals surface area contributed by atoms with Gasteiger partial charge in [-0.1, -0.05) is 41.9 Å². The molecule has 3 aromatic rings. The Morgan fingerprint density at radius 1 is 1.04 bits per heavy atom. The van der Waals surface area contributed by atoms with Gasteiger partial charge in [0.25, 0.3) is 0 Å². The van der Waals surface area contributed by atoms with Gasteiger partial charge in [-0.25, -0.2) is 9.97 Å². The molecule has 0 amide bonds. The molecule has 4 rings (SSSR count). The zero-order valence-corrected chi connectivity index (χ0v) is 15.4. The predicted octanol–water partition coefficient (Wildman–Crippen LogP) is 4.18. The summed E-state index contributed by atoms with van der Waals surface area (Å²) in [5, 5.41) is 3.83. The number of halogens is 1. The van der Waals surface area contributed by atoms with Gasteiger partial charge in [-0.3, -0.25) is 4.90 Å². The maximum absolute atomic E-state index is 6.00. The van der Waals surface area contributed by atoms with E-state index in [1.54, 1.807) is 17.5 Å². The van der Waals surface area contributed by atoms with E-state index in [2.05, 4.69) is 44.4 Å². The molecule has 2 aromatic heterocycles. The minimum atomic E-state index is 0.552. The average Bonchev–Trinajstić information content (AvgIpc) is 3.12. The molecule has 0 N–H and O–H groups in total. The minimum absolute atomic E-state index is 0.552. The third-order valence-corrected chi connectivity index (χ3v) is 5.55. The van der Waals surface area contributed by atoms with Crippen molar-refractivity contribution in [3.05, 3.63) is 64.9 Å². The molecule has 0 atom stereocenters. The zero-order valence-electron chi connectivity index (χ0n) is 13.8. The Labute approximate surface area is 156 Å². The maximum atomic E-state index is 6.00. The van der Waals surface area contributed by atoms with Crippen molar-refractivity contribution in [2.45, 2.75) is 6.54 Å². The Morgan fingerprint density at radius 3 is 2.60 bits per heavy atom. The van der Waals surface area contributed by atoms with Crippen LogP contribution in [0.25, 0.3) is 10.6 Å². The average molecular weight is 371 g/mol. The van der Waals surface area contributed by atoms with Crippen molar-refractivity contribution >= 4 is 28.6 Å². The van der Waals surface area contributed by atoms with Crippen molar-refractivity contribution in [1.29, 1.82) is 0 Å². The summed E-state index contributed by atoms with van der Waals surface area (Å²) in [5.74, 6) is 0. The smallest absolute Gasteiger partial charge is 0.131 e. The Kier molecular flexibility index (Phi) is 4.97. The van der Waals surface area contributed by atoms with Gasteiger partial charge >= 0.3 is 0 Å². The van der Waals surface area contributed by atoms with Crippen LogP contribution in [0.15, 0.2) is 54.0 Å². The summed E-state index contributed by atoms with van der Waals surface area (Å²) < 4.78 is 0. The first-order valence-corrected chi connectivity index (χ1v) is 9.62. The van der Waals surface area contributed by atoms with Crippen molar-refractivity contribution in [1.82, 2.24) is 14.9 Å². The molecule has 3 heterocycles. The quantitative estimate of drug-likeness (QED) is 0.645. The van der Waals surface area contributed by atoms with Crippen LogP contribution in [0, 0.1) is 0 Å². The van der Waals surface area contributed by atoms with Gasteiger partial charge in [0.15, 0.2) is 0 Å². The molecule has 0 saturated carbocycles. The van der Waals surface area contributed by atoms with Crippen LogP contribution >= 0.6 is 22.9 Å². The third kappa shape index (κ3) is 4.00. The maximum Gasteiger partial charge on any atom is 0.131 e. The summed E-state index contributed by atoms with van der Waals surface area (Å²) >= 11 is 7.72. The number of hydrogen-bond acceptors (Lipinski definition) is 5. The van der Waals surface area contributed by atoms with Crippen molar-refractivity contribution in [2.24, 2.45) is 0 Å². The van der Waals surface area contributed by atoms with E-state index in [4.69, 9.17) is 16.6 Å². The molecular weight excluding hydrogens is 352 g/mol. The van der Waals surface area contributed by atoms with Crippen LogP contribution in [0.5, 0.6) is 0 Å². The van der Waals surface area contributed by atoms with Gasteiger partial charge in [0.2, 0.25) is 0 Å². The number of aromatic nitrogens is 2. The summed E-state index contributed by atoms with van der Waals surface area (Å²) in [5.41, 5.74) is 3.50. The number of pyridine rings is 1. The lowest BCUT2D eigenvalue weighted by atomic mass is 10.2. The fourth-order valence-electron chi connectivity index (χ4n) is 3.08. The Hall–Kier alpha value is -1.95. The van der Waals surface area contributed by atoms with E-state index in [1.165, 1.54) is 5.56 Å². The van der Waals surface area contributed by atoms with Gasteiger partial charge in [-0.05, 0) is 12.1 Å². The van der Waals surface area contributed by atoms with E-state index >= 15 is 0 Å². The zero-order chi connectivity index (χ0) is 17.1. The molecule has 1 aliphatic heterocycles. The molecule has 6 heteroatoms. The molecule has 1 aliphatic rings. The largest absolute Gasteiger partial charge is 0.369 e. The highest BCUT2D eigenvalue weighted by Gasteiger charge is 2.18. The van der Waals surface area contributed by atoms with E-state index in [0.29, 0.717) is 5.15 Å². The monoisotopic (exact) mass is 370 g/mol. The summed E-state index contributed by atoms with van der Waals surface area (Å²) in [4.78, 5) is 13.7. The van der Waals surface area contributed by atoms with Crippen molar-refractivity contribution in [3.63, 3.8) is 0 Å². The van der Waals surface area contributed by atoms with Crippen molar-refractivity contribution in [3.8, 4) is 10.6 Å². The normalized spacial score (nSPS) is 15.5. The molecule has 0 aliphatic carbocycles. The van der Waals surface area contributed by atoms with Crippen LogP contribution in [0.3, 0.4) is 0 Å².